The molecular formula is C19H12BrClN2O2. The van der Waals surface area contributed by atoms with Gasteiger partial charge in [-0.05, 0) is 52.3 Å². The number of aromatic hydroxyl groups is 2. The van der Waals surface area contributed by atoms with Crippen LogP contribution in [0.1, 0.15) is 0 Å². The molecule has 0 aliphatic carbocycles. The SMILES string of the molecule is Oc1c(Cl)cccc1-c1nc(-c2cccc(Br)c2O)c2ccccn12. The van der Waals surface area contributed by atoms with E-state index in [1.54, 1.807) is 30.3 Å². The number of para-hydroxylation sites is 2. The molecule has 0 spiro atoms. The van der Waals surface area contributed by atoms with Crippen molar-refractivity contribution in [3.63, 3.8) is 0 Å². The second kappa shape index (κ2) is 6.10. The maximum atomic E-state index is 10.4. The molecule has 4 aromatic rings. The third kappa shape index (κ3) is 2.56. The van der Waals surface area contributed by atoms with Gasteiger partial charge >= 0.3 is 0 Å². The van der Waals surface area contributed by atoms with Gasteiger partial charge in [0.15, 0.2) is 0 Å². The Balaban J connectivity index is 2.06. The third-order valence-corrected chi connectivity index (χ3v) is 4.96. The average molecular weight is 416 g/mol. The van der Waals surface area contributed by atoms with E-state index >= 15 is 0 Å². The van der Waals surface area contributed by atoms with Crippen LogP contribution in [0.25, 0.3) is 28.2 Å². The van der Waals surface area contributed by atoms with Gasteiger partial charge < -0.3 is 10.2 Å². The van der Waals surface area contributed by atoms with Crippen LogP contribution in [0, 0.1) is 0 Å². The zero-order valence-electron chi connectivity index (χ0n) is 12.8. The molecule has 0 aliphatic rings. The summed E-state index contributed by atoms with van der Waals surface area (Å²) in [7, 11) is 0. The molecule has 2 N–H and O–H groups in total. The zero-order chi connectivity index (χ0) is 17.6. The molecule has 4 rings (SSSR count). The molecule has 0 fully saturated rings. The summed E-state index contributed by atoms with van der Waals surface area (Å²) in [4.78, 5) is 4.70. The molecule has 0 aliphatic heterocycles. The summed E-state index contributed by atoms with van der Waals surface area (Å²) in [5.74, 6) is 0.642. The van der Waals surface area contributed by atoms with E-state index in [2.05, 4.69) is 15.9 Å². The summed E-state index contributed by atoms with van der Waals surface area (Å²) < 4.78 is 2.45. The number of fused-ring (bicyclic) bond motifs is 1. The molecule has 124 valence electrons. The lowest BCUT2D eigenvalue weighted by Gasteiger charge is -2.05. The second-order valence-corrected chi connectivity index (χ2v) is 6.77. The van der Waals surface area contributed by atoms with Gasteiger partial charge in [0.2, 0.25) is 0 Å². The summed E-state index contributed by atoms with van der Waals surface area (Å²) in [5, 5.41) is 21.0. The first-order chi connectivity index (χ1) is 12.1. The summed E-state index contributed by atoms with van der Waals surface area (Å²) >= 11 is 9.39. The van der Waals surface area contributed by atoms with E-state index in [9.17, 15) is 10.2 Å². The van der Waals surface area contributed by atoms with Crippen molar-refractivity contribution in [1.29, 1.82) is 0 Å². The number of halogens is 2. The summed E-state index contributed by atoms with van der Waals surface area (Å²) in [6.07, 6.45) is 1.86. The first-order valence-electron chi connectivity index (χ1n) is 7.50. The van der Waals surface area contributed by atoms with Crippen LogP contribution >= 0.6 is 27.5 Å². The molecule has 2 aromatic carbocycles. The van der Waals surface area contributed by atoms with Crippen molar-refractivity contribution in [3.8, 4) is 34.1 Å². The molecule has 4 nitrogen and oxygen atoms in total. The minimum absolute atomic E-state index is 0.0232. The number of aromatic nitrogens is 2. The van der Waals surface area contributed by atoms with Gasteiger partial charge in [-0.25, -0.2) is 4.98 Å². The molecule has 2 heterocycles. The first-order valence-corrected chi connectivity index (χ1v) is 8.68. The number of rotatable bonds is 2. The predicted molar refractivity (Wildman–Crippen MR) is 102 cm³/mol. The Hall–Kier alpha value is -2.50. The van der Waals surface area contributed by atoms with Crippen LogP contribution in [0.15, 0.2) is 65.3 Å². The Labute approximate surface area is 157 Å². The van der Waals surface area contributed by atoms with E-state index in [0.29, 0.717) is 27.1 Å². The number of pyridine rings is 1. The fourth-order valence-corrected chi connectivity index (χ4v) is 3.37. The molecule has 0 atom stereocenters. The summed E-state index contributed by atoms with van der Waals surface area (Å²) in [6, 6.07) is 16.2. The molecular weight excluding hydrogens is 404 g/mol. The average Bonchev–Trinajstić information content (AvgIpc) is 2.99. The number of benzene rings is 2. The molecule has 0 amide bonds. The topological polar surface area (TPSA) is 57.8 Å². The summed E-state index contributed by atoms with van der Waals surface area (Å²) in [6.45, 7) is 0. The number of hydrogen-bond donors (Lipinski definition) is 2. The highest BCUT2D eigenvalue weighted by atomic mass is 79.9. The van der Waals surface area contributed by atoms with E-state index < -0.39 is 0 Å². The van der Waals surface area contributed by atoms with Gasteiger partial charge in [0, 0.05) is 11.8 Å². The van der Waals surface area contributed by atoms with Crippen molar-refractivity contribution in [2.75, 3.05) is 0 Å². The maximum absolute atomic E-state index is 10.4. The van der Waals surface area contributed by atoms with E-state index in [0.717, 1.165) is 5.52 Å². The van der Waals surface area contributed by atoms with Gasteiger partial charge in [0.1, 0.15) is 23.0 Å². The quantitative estimate of drug-likeness (QED) is 0.455. The Bertz CT molecular complexity index is 1020. The third-order valence-electron chi connectivity index (χ3n) is 4.02. The van der Waals surface area contributed by atoms with Crippen LogP contribution in [-0.4, -0.2) is 19.6 Å². The minimum atomic E-state index is -0.0232. The van der Waals surface area contributed by atoms with Crippen LogP contribution in [0.4, 0.5) is 0 Å². The summed E-state index contributed by atoms with van der Waals surface area (Å²) in [5.41, 5.74) is 2.55. The fraction of sp³-hybridized carbons (Fsp3) is 0. The van der Waals surface area contributed by atoms with E-state index in [-0.39, 0.29) is 16.5 Å². The molecule has 6 heteroatoms. The van der Waals surface area contributed by atoms with Crippen LogP contribution in [0.3, 0.4) is 0 Å². The molecule has 2 aromatic heterocycles. The highest BCUT2D eigenvalue weighted by Crippen LogP contribution is 2.40. The van der Waals surface area contributed by atoms with Crippen molar-refractivity contribution in [2.24, 2.45) is 0 Å². The molecule has 0 unspecified atom stereocenters. The van der Waals surface area contributed by atoms with Gasteiger partial charge in [-0.3, -0.25) is 4.40 Å². The van der Waals surface area contributed by atoms with Crippen LogP contribution in [-0.2, 0) is 0 Å². The number of nitrogens with zero attached hydrogens (tertiary/aromatic N) is 2. The number of hydrogen-bond acceptors (Lipinski definition) is 3. The van der Waals surface area contributed by atoms with Crippen LogP contribution in [0.2, 0.25) is 5.02 Å². The van der Waals surface area contributed by atoms with Crippen molar-refractivity contribution >= 4 is 33.0 Å². The van der Waals surface area contributed by atoms with Crippen molar-refractivity contribution in [2.45, 2.75) is 0 Å². The lowest BCUT2D eigenvalue weighted by atomic mass is 10.1. The Kier molecular flexibility index (Phi) is 3.90. The molecule has 0 saturated heterocycles. The first kappa shape index (κ1) is 16.0. The van der Waals surface area contributed by atoms with Crippen molar-refractivity contribution < 1.29 is 10.2 Å². The molecule has 0 bridgehead atoms. The lowest BCUT2D eigenvalue weighted by Crippen LogP contribution is -1.89. The standard InChI is InChI=1S/C19H12BrClN2O2/c20-13-7-3-5-11(17(13)24)16-15-9-1-2-10-23(15)19(22-16)12-6-4-8-14(21)18(12)25/h1-10,24-25H. The highest BCUT2D eigenvalue weighted by Gasteiger charge is 2.19. The Morgan fingerprint density at radius 2 is 1.64 bits per heavy atom. The number of phenols is 2. The van der Waals surface area contributed by atoms with E-state index in [4.69, 9.17) is 16.6 Å². The Morgan fingerprint density at radius 3 is 2.48 bits per heavy atom. The highest BCUT2D eigenvalue weighted by molar-refractivity contribution is 9.10. The van der Waals surface area contributed by atoms with Crippen LogP contribution in [0.5, 0.6) is 11.5 Å². The van der Waals surface area contributed by atoms with E-state index in [1.165, 1.54) is 0 Å². The predicted octanol–water partition coefficient (Wildman–Crippen LogP) is 5.50. The largest absolute Gasteiger partial charge is 0.506 e. The van der Waals surface area contributed by atoms with Crippen molar-refractivity contribution in [3.05, 3.63) is 70.3 Å². The van der Waals surface area contributed by atoms with Gasteiger partial charge in [-0.2, -0.15) is 0 Å². The van der Waals surface area contributed by atoms with Gasteiger partial charge in [-0.15, -0.1) is 0 Å². The van der Waals surface area contributed by atoms with E-state index in [1.807, 2.05) is 34.9 Å². The maximum Gasteiger partial charge on any atom is 0.149 e. The smallest absolute Gasteiger partial charge is 0.149 e. The van der Waals surface area contributed by atoms with Gasteiger partial charge in [-0.1, -0.05) is 29.8 Å². The molecule has 0 saturated carbocycles. The monoisotopic (exact) mass is 414 g/mol. The lowest BCUT2D eigenvalue weighted by molar-refractivity contribution is 0.474. The normalized spacial score (nSPS) is 11.1. The van der Waals surface area contributed by atoms with Gasteiger partial charge in [0.05, 0.1) is 20.6 Å². The number of phenolic OH excluding ortho intramolecular Hbond substituents is 2. The Morgan fingerprint density at radius 1 is 0.880 bits per heavy atom. The molecule has 25 heavy (non-hydrogen) atoms. The van der Waals surface area contributed by atoms with Crippen LogP contribution < -0.4 is 0 Å². The van der Waals surface area contributed by atoms with Gasteiger partial charge in [0.25, 0.3) is 0 Å². The second-order valence-electron chi connectivity index (χ2n) is 5.51. The zero-order valence-corrected chi connectivity index (χ0v) is 15.2. The van der Waals surface area contributed by atoms with Crippen molar-refractivity contribution in [1.82, 2.24) is 9.38 Å². The fourth-order valence-electron chi connectivity index (χ4n) is 2.83. The minimum Gasteiger partial charge on any atom is -0.506 e. The molecule has 0 radical (unpaired) electrons. The number of imidazole rings is 1.